The van der Waals surface area contributed by atoms with Crippen molar-refractivity contribution in [3.05, 3.63) is 59.7 Å². The Balaban J connectivity index is 1.34. The van der Waals surface area contributed by atoms with E-state index in [2.05, 4.69) is 60.4 Å². The average molecular weight is 346 g/mol. The first-order valence-electron chi connectivity index (χ1n) is 10.7. The monoisotopic (exact) mass is 345 g/mol. The van der Waals surface area contributed by atoms with Crippen LogP contribution >= 0.6 is 0 Å². The normalized spacial score (nSPS) is 29.3. The fourth-order valence-corrected chi connectivity index (χ4v) is 6.17. The van der Waals surface area contributed by atoms with Crippen LogP contribution in [0.1, 0.15) is 55.6 Å². The number of fused-ring (bicyclic) bond motifs is 2. The van der Waals surface area contributed by atoms with E-state index in [1.807, 2.05) is 0 Å². The van der Waals surface area contributed by atoms with Crippen LogP contribution in [0.4, 0.5) is 0 Å². The van der Waals surface area contributed by atoms with Gasteiger partial charge in [0.1, 0.15) is 0 Å². The van der Waals surface area contributed by atoms with Crippen LogP contribution in [0.15, 0.2) is 48.5 Å². The smallest absolute Gasteiger partial charge is 0.0126 e. The third-order valence-electron chi connectivity index (χ3n) is 7.54. The van der Waals surface area contributed by atoms with Crippen molar-refractivity contribution in [3.8, 4) is 11.1 Å². The van der Waals surface area contributed by atoms with Crippen LogP contribution < -0.4 is 0 Å². The lowest BCUT2D eigenvalue weighted by atomic mass is 9.82. The molecule has 136 valence electrons. The van der Waals surface area contributed by atoms with Crippen LogP contribution in [0.3, 0.4) is 0 Å². The SMILES string of the molecule is Cc1ccccc1-c1ccccc1C1CCN([C@H]2C[C@H]3CCC2C3)CC1. The van der Waals surface area contributed by atoms with Crippen LogP contribution in [-0.4, -0.2) is 24.0 Å². The van der Waals surface area contributed by atoms with Gasteiger partial charge in [0, 0.05) is 6.04 Å². The third-order valence-corrected chi connectivity index (χ3v) is 7.54. The molecule has 5 rings (SSSR count). The van der Waals surface area contributed by atoms with Crippen molar-refractivity contribution in [2.45, 2.75) is 57.4 Å². The Morgan fingerprint density at radius 3 is 2.19 bits per heavy atom. The van der Waals surface area contributed by atoms with Gasteiger partial charge >= 0.3 is 0 Å². The van der Waals surface area contributed by atoms with E-state index < -0.39 is 0 Å². The number of nitrogens with zero attached hydrogens (tertiary/aromatic N) is 1. The summed E-state index contributed by atoms with van der Waals surface area (Å²) in [6.45, 7) is 4.85. The minimum absolute atomic E-state index is 0.723. The van der Waals surface area contributed by atoms with E-state index in [1.54, 1.807) is 5.56 Å². The van der Waals surface area contributed by atoms with Crippen molar-refractivity contribution in [1.29, 1.82) is 0 Å². The summed E-state index contributed by atoms with van der Waals surface area (Å²) in [7, 11) is 0. The van der Waals surface area contributed by atoms with E-state index in [9.17, 15) is 0 Å². The predicted octanol–water partition coefficient (Wildman–Crippen LogP) is 6.03. The van der Waals surface area contributed by atoms with E-state index in [1.165, 1.54) is 68.3 Å². The molecule has 2 aromatic rings. The Morgan fingerprint density at radius 2 is 1.50 bits per heavy atom. The van der Waals surface area contributed by atoms with Gasteiger partial charge in [0.25, 0.3) is 0 Å². The standard InChI is InChI=1S/C25H31N/c1-18-6-2-3-7-22(18)24-9-5-4-8-23(24)20-12-14-26(15-13-20)25-17-19-10-11-21(25)16-19/h2-9,19-21,25H,10-17H2,1H3/t19-,21?,25-/m0/s1. The summed E-state index contributed by atoms with van der Waals surface area (Å²) in [4.78, 5) is 2.86. The molecular weight excluding hydrogens is 314 g/mol. The molecule has 0 amide bonds. The molecule has 3 atom stereocenters. The zero-order valence-electron chi connectivity index (χ0n) is 16.0. The van der Waals surface area contributed by atoms with Crippen molar-refractivity contribution in [2.75, 3.05) is 13.1 Å². The summed E-state index contributed by atoms with van der Waals surface area (Å²) < 4.78 is 0. The summed E-state index contributed by atoms with van der Waals surface area (Å²) in [6.07, 6.45) is 8.70. The fourth-order valence-electron chi connectivity index (χ4n) is 6.17. The molecule has 1 nitrogen and oxygen atoms in total. The molecule has 1 saturated heterocycles. The molecular formula is C25H31N. The minimum Gasteiger partial charge on any atom is -0.300 e. The maximum absolute atomic E-state index is 2.86. The number of hydrogen-bond acceptors (Lipinski definition) is 1. The maximum atomic E-state index is 2.86. The van der Waals surface area contributed by atoms with Gasteiger partial charge in [0.05, 0.1) is 0 Å². The maximum Gasteiger partial charge on any atom is 0.0126 e. The zero-order valence-corrected chi connectivity index (χ0v) is 16.0. The first kappa shape index (κ1) is 16.6. The summed E-state index contributed by atoms with van der Waals surface area (Å²) in [5.74, 6) is 2.81. The summed E-state index contributed by atoms with van der Waals surface area (Å²) in [5.41, 5.74) is 5.84. The van der Waals surface area contributed by atoms with Crippen molar-refractivity contribution in [3.63, 3.8) is 0 Å². The molecule has 1 heteroatoms. The quantitative estimate of drug-likeness (QED) is 0.656. The first-order valence-corrected chi connectivity index (χ1v) is 10.7. The van der Waals surface area contributed by atoms with Crippen molar-refractivity contribution < 1.29 is 0 Å². The number of piperidine rings is 1. The number of aryl methyl sites for hydroxylation is 1. The largest absolute Gasteiger partial charge is 0.300 e. The molecule has 0 aromatic heterocycles. The van der Waals surface area contributed by atoms with Gasteiger partial charge in [-0.15, -0.1) is 0 Å². The van der Waals surface area contributed by atoms with E-state index in [0.29, 0.717) is 0 Å². The highest BCUT2D eigenvalue weighted by atomic mass is 15.2. The predicted molar refractivity (Wildman–Crippen MR) is 109 cm³/mol. The van der Waals surface area contributed by atoms with E-state index in [0.717, 1.165) is 23.8 Å². The van der Waals surface area contributed by atoms with Gasteiger partial charge in [-0.05, 0) is 92.1 Å². The second kappa shape index (κ2) is 6.85. The molecule has 1 unspecified atom stereocenters. The summed E-state index contributed by atoms with van der Waals surface area (Å²) in [5, 5.41) is 0. The van der Waals surface area contributed by atoms with Crippen LogP contribution in [0.25, 0.3) is 11.1 Å². The van der Waals surface area contributed by atoms with E-state index in [-0.39, 0.29) is 0 Å². The Kier molecular flexibility index (Phi) is 4.36. The van der Waals surface area contributed by atoms with Gasteiger partial charge in [-0.2, -0.15) is 0 Å². The Labute approximate surface area is 158 Å². The molecule has 0 spiro atoms. The van der Waals surface area contributed by atoms with E-state index >= 15 is 0 Å². The minimum atomic E-state index is 0.723. The molecule has 2 aliphatic carbocycles. The highest BCUT2D eigenvalue weighted by molar-refractivity contribution is 5.71. The third kappa shape index (κ3) is 2.91. The molecule has 0 radical (unpaired) electrons. The molecule has 2 aromatic carbocycles. The molecule has 1 heterocycles. The van der Waals surface area contributed by atoms with Crippen LogP contribution in [0.5, 0.6) is 0 Å². The molecule has 2 bridgehead atoms. The van der Waals surface area contributed by atoms with Crippen LogP contribution in [0.2, 0.25) is 0 Å². The van der Waals surface area contributed by atoms with Crippen molar-refractivity contribution in [1.82, 2.24) is 4.90 Å². The van der Waals surface area contributed by atoms with E-state index in [4.69, 9.17) is 0 Å². The van der Waals surface area contributed by atoms with Crippen molar-refractivity contribution in [2.24, 2.45) is 11.8 Å². The van der Waals surface area contributed by atoms with Crippen LogP contribution in [0, 0.1) is 18.8 Å². The number of benzene rings is 2. The second-order valence-corrected chi connectivity index (χ2v) is 8.95. The molecule has 0 N–H and O–H groups in total. The van der Waals surface area contributed by atoms with Crippen molar-refractivity contribution >= 4 is 0 Å². The molecule has 3 aliphatic rings. The molecule has 2 saturated carbocycles. The van der Waals surface area contributed by atoms with Crippen LogP contribution in [-0.2, 0) is 0 Å². The number of hydrogen-bond donors (Lipinski definition) is 0. The van der Waals surface area contributed by atoms with Gasteiger partial charge in [-0.1, -0.05) is 55.0 Å². The van der Waals surface area contributed by atoms with Gasteiger partial charge in [-0.25, -0.2) is 0 Å². The van der Waals surface area contributed by atoms with Gasteiger partial charge in [0.15, 0.2) is 0 Å². The highest BCUT2D eigenvalue weighted by Gasteiger charge is 2.42. The molecule has 1 aliphatic heterocycles. The summed E-state index contributed by atoms with van der Waals surface area (Å²) in [6, 6.07) is 18.9. The second-order valence-electron chi connectivity index (χ2n) is 8.95. The lowest BCUT2D eigenvalue weighted by Gasteiger charge is -2.40. The topological polar surface area (TPSA) is 3.24 Å². The molecule has 26 heavy (non-hydrogen) atoms. The van der Waals surface area contributed by atoms with Gasteiger partial charge < -0.3 is 4.90 Å². The average Bonchev–Trinajstić information content (AvgIpc) is 3.32. The fraction of sp³-hybridized carbons (Fsp3) is 0.520. The number of likely N-dealkylation sites (tertiary alicyclic amines) is 1. The number of rotatable bonds is 3. The van der Waals surface area contributed by atoms with Gasteiger partial charge in [0.2, 0.25) is 0 Å². The molecule has 3 fully saturated rings. The van der Waals surface area contributed by atoms with Gasteiger partial charge in [-0.3, -0.25) is 0 Å². The lowest BCUT2D eigenvalue weighted by Crippen LogP contribution is -2.43. The Hall–Kier alpha value is -1.60. The zero-order chi connectivity index (χ0) is 17.5. The Morgan fingerprint density at radius 1 is 0.769 bits per heavy atom. The highest BCUT2D eigenvalue weighted by Crippen LogP contribution is 2.48. The summed E-state index contributed by atoms with van der Waals surface area (Å²) >= 11 is 0. The lowest BCUT2D eigenvalue weighted by molar-refractivity contribution is 0.111. The Bertz CT molecular complexity index is 771. The first-order chi connectivity index (χ1) is 12.8.